The molecular weight excluding hydrogens is 492 g/mol. The summed E-state index contributed by atoms with van der Waals surface area (Å²) in [5.41, 5.74) is 4.65. The molecule has 1 aliphatic heterocycles. The van der Waals surface area contributed by atoms with Crippen molar-refractivity contribution in [3.63, 3.8) is 0 Å². The lowest BCUT2D eigenvalue weighted by Gasteiger charge is -2.28. The molecule has 0 spiro atoms. The number of benzene rings is 2. The molecule has 2 atom stereocenters. The standard InChI is InChI=1S/C27H32N4O7/c1-5-12-37-20-9-7-8-18(13-20)15-28-31-23(32)16-38-21-11-10-19(14-22(21)36-6-2)25-24(26(33)35-4)17(3)29-27(34)30-25/h5,7-11,13-15,23,25,31-32H,1,6,12,16H2,2-4H3,(H2,29,30,34)/b28-15+/t23-,25+/m0/s1. The van der Waals surface area contributed by atoms with Gasteiger partial charge in [-0.3, -0.25) is 5.43 Å². The summed E-state index contributed by atoms with van der Waals surface area (Å²) in [5, 5.41) is 19.6. The number of aliphatic hydroxyl groups is 1. The second kappa shape index (κ2) is 13.7. The normalized spacial score (nSPS) is 15.8. The van der Waals surface area contributed by atoms with E-state index in [2.05, 4.69) is 27.7 Å². The zero-order chi connectivity index (χ0) is 27.5. The second-order valence-electron chi connectivity index (χ2n) is 8.09. The topological polar surface area (TPSA) is 140 Å². The second-order valence-corrected chi connectivity index (χ2v) is 8.09. The van der Waals surface area contributed by atoms with E-state index in [0.717, 1.165) is 5.56 Å². The predicted octanol–water partition coefficient (Wildman–Crippen LogP) is 2.77. The summed E-state index contributed by atoms with van der Waals surface area (Å²) in [5.74, 6) is 0.863. The first-order valence-electron chi connectivity index (χ1n) is 11.9. The van der Waals surface area contributed by atoms with Crippen LogP contribution in [0.25, 0.3) is 0 Å². The summed E-state index contributed by atoms with van der Waals surface area (Å²) < 4.78 is 21.9. The number of nitrogens with one attached hydrogen (secondary N) is 3. The molecule has 0 aliphatic carbocycles. The lowest BCUT2D eigenvalue weighted by molar-refractivity contribution is -0.136. The molecule has 1 heterocycles. The van der Waals surface area contributed by atoms with E-state index in [0.29, 0.717) is 41.7 Å². The van der Waals surface area contributed by atoms with Crippen molar-refractivity contribution in [2.75, 3.05) is 26.9 Å². The Balaban J connectivity index is 1.67. The number of carbonyl (C=O) groups excluding carboxylic acids is 2. The van der Waals surface area contributed by atoms with Crippen molar-refractivity contribution in [2.24, 2.45) is 5.10 Å². The molecule has 0 fully saturated rings. The molecule has 11 heteroatoms. The number of ether oxygens (including phenoxy) is 4. The number of esters is 1. The largest absolute Gasteiger partial charge is 0.490 e. The molecule has 0 radical (unpaired) electrons. The van der Waals surface area contributed by atoms with E-state index in [9.17, 15) is 14.7 Å². The van der Waals surface area contributed by atoms with Crippen LogP contribution in [0, 0.1) is 0 Å². The molecule has 0 bridgehead atoms. The summed E-state index contributed by atoms with van der Waals surface area (Å²) in [7, 11) is 1.28. The monoisotopic (exact) mass is 524 g/mol. The molecular formula is C27H32N4O7. The van der Waals surface area contributed by atoms with E-state index in [1.165, 1.54) is 7.11 Å². The molecule has 11 nitrogen and oxygen atoms in total. The third-order valence-corrected chi connectivity index (χ3v) is 5.34. The summed E-state index contributed by atoms with van der Waals surface area (Å²) in [6.07, 6.45) is 2.10. The Morgan fingerprint density at radius 1 is 1.21 bits per heavy atom. The number of carbonyl (C=O) groups is 2. The number of allylic oxidation sites excluding steroid dienone is 1. The van der Waals surface area contributed by atoms with Gasteiger partial charge in [0.15, 0.2) is 17.7 Å². The van der Waals surface area contributed by atoms with E-state index in [4.69, 9.17) is 18.9 Å². The van der Waals surface area contributed by atoms with Crippen LogP contribution in [0.1, 0.15) is 31.0 Å². The van der Waals surface area contributed by atoms with E-state index < -0.39 is 24.3 Å². The van der Waals surface area contributed by atoms with Crippen LogP contribution in [-0.2, 0) is 9.53 Å². The first-order valence-corrected chi connectivity index (χ1v) is 11.9. The highest BCUT2D eigenvalue weighted by Crippen LogP contribution is 2.34. The van der Waals surface area contributed by atoms with Gasteiger partial charge in [0.1, 0.15) is 19.0 Å². The fourth-order valence-corrected chi connectivity index (χ4v) is 3.66. The van der Waals surface area contributed by atoms with Gasteiger partial charge in [-0.2, -0.15) is 5.10 Å². The van der Waals surface area contributed by atoms with Gasteiger partial charge in [-0.05, 0) is 49.2 Å². The molecule has 1 aliphatic rings. The number of rotatable bonds is 13. The minimum absolute atomic E-state index is 0.129. The van der Waals surface area contributed by atoms with Crippen molar-refractivity contribution >= 4 is 18.2 Å². The minimum Gasteiger partial charge on any atom is -0.490 e. The fraction of sp³-hybridized carbons (Fsp3) is 0.296. The average molecular weight is 525 g/mol. The maximum Gasteiger partial charge on any atom is 0.337 e. The molecule has 2 aromatic carbocycles. The van der Waals surface area contributed by atoms with Crippen LogP contribution < -0.4 is 30.3 Å². The van der Waals surface area contributed by atoms with Crippen LogP contribution in [0.5, 0.6) is 17.2 Å². The van der Waals surface area contributed by atoms with Crippen LogP contribution >= 0.6 is 0 Å². The number of nitrogens with zero attached hydrogens (tertiary/aromatic N) is 1. The van der Waals surface area contributed by atoms with Gasteiger partial charge in [0.25, 0.3) is 0 Å². The van der Waals surface area contributed by atoms with E-state index in [-0.39, 0.29) is 12.2 Å². The molecule has 4 N–H and O–H groups in total. The molecule has 0 unspecified atom stereocenters. The molecule has 0 aromatic heterocycles. The van der Waals surface area contributed by atoms with Crippen LogP contribution in [0.4, 0.5) is 4.79 Å². The molecule has 202 valence electrons. The van der Waals surface area contributed by atoms with Crippen molar-refractivity contribution in [3.05, 3.63) is 77.5 Å². The summed E-state index contributed by atoms with van der Waals surface area (Å²) in [6.45, 7) is 7.68. The molecule has 38 heavy (non-hydrogen) atoms. The lowest BCUT2D eigenvalue weighted by atomic mass is 9.95. The summed E-state index contributed by atoms with van der Waals surface area (Å²) in [6, 6.07) is 11.1. The smallest absolute Gasteiger partial charge is 0.337 e. The zero-order valence-corrected chi connectivity index (χ0v) is 21.5. The SMILES string of the molecule is C=CCOc1cccc(/C=N/N[C@@H](O)COc2ccc([C@H]3NC(=O)NC(C)=C3C(=O)OC)cc2OCC)c1. The van der Waals surface area contributed by atoms with Gasteiger partial charge in [-0.25, -0.2) is 9.59 Å². The number of methoxy groups -OCH3 is 1. The van der Waals surface area contributed by atoms with E-state index in [1.54, 1.807) is 43.5 Å². The van der Waals surface area contributed by atoms with Gasteiger partial charge in [0.05, 0.1) is 31.5 Å². The van der Waals surface area contributed by atoms with Gasteiger partial charge in [-0.15, -0.1) is 0 Å². The van der Waals surface area contributed by atoms with Gasteiger partial charge in [0, 0.05) is 5.70 Å². The highest BCUT2D eigenvalue weighted by molar-refractivity contribution is 5.95. The fourth-order valence-electron chi connectivity index (χ4n) is 3.66. The maximum absolute atomic E-state index is 12.4. The first kappa shape index (κ1) is 28.1. The van der Waals surface area contributed by atoms with Crippen molar-refractivity contribution < 1.29 is 33.6 Å². The van der Waals surface area contributed by atoms with E-state index >= 15 is 0 Å². The number of aliphatic hydroxyl groups excluding tert-OH is 1. The quantitative estimate of drug-likeness (QED) is 0.103. The number of hydrazone groups is 1. The Labute approximate surface area is 221 Å². The lowest BCUT2D eigenvalue weighted by Crippen LogP contribution is -2.45. The van der Waals surface area contributed by atoms with Crippen molar-refractivity contribution in [3.8, 4) is 17.2 Å². The van der Waals surface area contributed by atoms with Crippen molar-refractivity contribution in [1.82, 2.24) is 16.1 Å². The van der Waals surface area contributed by atoms with Gasteiger partial charge < -0.3 is 34.7 Å². The van der Waals surface area contributed by atoms with Crippen LogP contribution in [0.2, 0.25) is 0 Å². The first-order chi connectivity index (χ1) is 18.4. The third kappa shape index (κ3) is 7.50. The molecule has 2 aromatic rings. The zero-order valence-electron chi connectivity index (χ0n) is 21.5. The third-order valence-electron chi connectivity index (χ3n) is 5.34. The number of hydrogen-bond acceptors (Lipinski definition) is 9. The Hall–Kier alpha value is -4.51. The number of amides is 2. The molecule has 3 rings (SSSR count). The van der Waals surface area contributed by atoms with Gasteiger partial charge >= 0.3 is 12.0 Å². The maximum atomic E-state index is 12.4. The van der Waals surface area contributed by atoms with Gasteiger partial charge in [0.2, 0.25) is 0 Å². The molecule has 0 saturated carbocycles. The number of hydrogen-bond donors (Lipinski definition) is 4. The Morgan fingerprint density at radius 3 is 2.76 bits per heavy atom. The number of urea groups is 1. The Bertz CT molecular complexity index is 1210. The highest BCUT2D eigenvalue weighted by atomic mass is 16.5. The summed E-state index contributed by atoms with van der Waals surface area (Å²) >= 11 is 0. The minimum atomic E-state index is -1.11. The van der Waals surface area contributed by atoms with Crippen LogP contribution in [-0.4, -0.2) is 56.5 Å². The Morgan fingerprint density at radius 2 is 2.03 bits per heavy atom. The predicted molar refractivity (Wildman–Crippen MR) is 141 cm³/mol. The molecule has 0 saturated heterocycles. The van der Waals surface area contributed by atoms with Gasteiger partial charge in [-0.1, -0.05) is 30.9 Å². The van der Waals surface area contributed by atoms with Crippen molar-refractivity contribution in [2.45, 2.75) is 26.1 Å². The van der Waals surface area contributed by atoms with Crippen LogP contribution in [0.3, 0.4) is 0 Å². The average Bonchev–Trinajstić information content (AvgIpc) is 2.90. The highest BCUT2D eigenvalue weighted by Gasteiger charge is 2.32. The van der Waals surface area contributed by atoms with E-state index in [1.807, 2.05) is 25.1 Å². The summed E-state index contributed by atoms with van der Waals surface area (Å²) in [4.78, 5) is 24.5. The molecule has 2 amide bonds. The Kier molecular flexibility index (Phi) is 10.1. The van der Waals surface area contributed by atoms with Crippen molar-refractivity contribution in [1.29, 1.82) is 0 Å². The van der Waals surface area contributed by atoms with Crippen LogP contribution in [0.15, 0.2) is 71.5 Å².